The molecule has 5 atom stereocenters. The highest BCUT2D eigenvalue weighted by molar-refractivity contribution is 5.87. The van der Waals surface area contributed by atoms with Crippen molar-refractivity contribution >= 4 is 0 Å². The average Bonchev–Trinajstić information content (AvgIpc) is 0.766. The van der Waals surface area contributed by atoms with Crippen LogP contribution in [0.3, 0.4) is 0 Å². The molecule has 0 amide bonds. The summed E-state index contributed by atoms with van der Waals surface area (Å²) in [5.41, 5.74) is 26.9. The third-order valence-corrected chi connectivity index (χ3v) is 24.6. The van der Waals surface area contributed by atoms with Gasteiger partial charge in [0.15, 0.2) is 57.5 Å². The van der Waals surface area contributed by atoms with E-state index < -0.39 is 0 Å². The fourth-order valence-corrected chi connectivity index (χ4v) is 19.7. The Kier molecular flexibility index (Phi) is 19.1. The number of nitrogens with zero attached hydrogens (tertiary/aromatic N) is 5. The lowest BCUT2D eigenvalue weighted by molar-refractivity contribution is 0.182. The van der Waals surface area contributed by atoms with Crippen molar-refractivity contribution in [3.63, 3.8) is 0 Å². The van der Waals surface area contributed by atoms with Gasteiger partial charge in [-0.1, -0.05) is 105 Å². The largest absolute Gasteiger partial charge is 0.508 e. The van der Waals surface area contributed by atoms with Crippen molar-refractivity contribution in [2.24, 2.45) is 0 Å². The zero-order valence-electron chi connectivity index (χ0n) is 61.7. The molecule has 10 aromatic carbocycles. The van der Waals surface area contributed by atoms with Crippen molar-refractivity contribution in [2.75, 3.05) is 66.5 Å². The van der Waals surface area contributed by atoms with E-state index in [9.17, 15) is 61.3 Å². The van der Waals surface area contributed by atoms with E-state index in [1.165, 1.54) is 50.6 Å². The Morgan fingerprint density at radius 1 is 0.315 bits per heavy atom. The minimum atomic E-state index is -0.117. The third-order valence-electron chi connectivity index (χ3n) is 24.6. The number of benzene rings is 10. The van der Waals surface area contributed by atoms with E-state index in [1.807, 2.05) is 54.6 Å². The SMILES string of the molecule is C=CCN1CCc2cccc3c2[C@H]1Cc1ccc(O)c(O)c1-3.CCCN1CCc2cc(O)cc3c2[C@H]1Cc1ccc(O)c(O)c1-3.CCCN1CCc2cccc3c2[C@H]1Cc1ccc(O)c(O)c1-3.CN1CCc2cc(O)cc3c2[C@H]1Cc1ccc(O)c(O)c1-3.CN1CCc2cccc3c2[C@H]1Cc1ccc(O)c(O)c1-3. The molecular formula is C91H95N5O12. The van der Waals surface area contributed by atoms with Crippen molar-refractivity contribution in [1.29, 1.82) is 0 Å². The molecule has 0 saturated carbocycles. The predicted octanol–water partition coefficient (Wildman–Crippen LogP) is 15.8. The Morgan fingerprint density at radius 2 is 0.593 bits per heavy atom. The molecule has 0 spiro atoms. The van der Waals surface area contributed by atoms with Crippen LogP contribution >= 0.6 is 0 Å². The van der Waals surface area contributed by atoms with Gasteiger partial charge in [-0.25, -0.2) is 0 Å². The lowest BCUT2D eigenvalue weighted by Gasteiger charge is -2.41. The average molecular weight is 1450 g/mol. The van der Waals surface area contributed by atoms with Gasteiger partial charge >= 0.3 is 0 Å². The summed E-state index contributed by atoms with van der Waals surface area (Å²) >= 11 is 0. The molecule has 108 heavy (non-hydrogen) atoms. The summed E-state index contributed by atoms with van der Waals surface area (Å²) in [6.07, 6.45) is 13.4. The molecular weight excluding hydrogens is 1360 g/mol. The summed E-state index contributed by atoms with van der Waals surface area (Å²) in [6.45, 7) is 16.5. The smallest absolute Gasteiger partial charge is 0.165 e. The normalized spacial score (nSPS) is 19.7. The van der Waals surface area contributed by atoms with Crippen LogP contribution in [0.1, 0.15) is 140 Å². The van der Waals surface area contributed by atoms with Gasteiger partial charge in [0.25, 0.3) is 0 Å². The molecule has 5 heterocycles. The van der Waals surface area contributed by atoms with Gasteiger partial charge in [0.05, 0.1) is 0 Å². The molecule has 12 N–H and O–H groups in total. The van der Waals surface area contributed by atoms with Crippen molar-refractivity contribution in [3.05, 3.63) is 236 Å². The van der Waals surface area contributed by atoms with Crippen molar-refractivity contribution in [1.82, 2.24) is 24.5 Å². The first-order valence-electron chi connectivity index (χ1n) is 38.2. The lowest BCUT2D eigenvalue weighted by Crippen LogP contribution is -2.38. The second-order valence-corrected chi connectivity index (χ2v) is 30.8. The van der Waals surface area contributed by atoms with Crippen LogP contribution < -0.4 is 0 Å². The van der Waals surface area contributed by atoms with Crippen LogP contribution in [0, 0.1) is 0 Å². The first-order chi connectivity index (χ1) is 52.2. The monoisotopic (exact) mass is 1450 g/mol. The number of phenols is 12. The maximum Gasteiger partial charge on any atom is 0.165 e. The van der Waals surface area contributed by atoms with Crippen LogP contribution in [0.2, 0.25) is 0 Å². The Morgan fingerprint density at radius 3 is 0.944 bits per heavy atom. The number of likely N-dealkylation sites (N-methyl/N-ethyl adjacent to an activating group) is 2. The fourth-order valence-electron chi connectivity index (χ4n) is 19.7. The molecule has 5 aliphatic carbocycles. The summed E-state index contributed by atoms with van der Waals surface area (Å²) in [7, 11) is 4.27. The summed E-state index contributed by atoms with van der Waals surface area (Å²) < 4.78 is 0. The van der Waals surface area contributed by atoms with Crippen LogP contribution in [0.5, 0.6) is 69.0 Å². The van der Waals surface area contributed by atoms with Gasteiger partial charge in [-0.3, -0.25) is 24.5 Å². The van der Waals surface area contributed by atoms with E-state index in [0.717, 1.165) is 213 Å². The number of hydrogen-bond acceptors (Lipinski definition) is 17. The molecule has 10 aromatic rings. The first kappa shape index (κ1) is 71.6. The van der Waals surface area contributed by atoms with Crippen LogP contribution in [0.4, 0.5) is 0 Å². The number of hydrogen-bond donors (Lipinski definition) is 12. The van der Waals surface area contributed by atoms with E-state index in [0.29, 0.717) is 29.3 Å². The van der Waals surface area contributed by atoms with E-state index in [-0.39, 0.29) is 81.1 Å². The second kappa shape index (κ2) is 28.8. The van der Waals surface area contributed by atoms with Crippen LogP contribution in [-0.2, 0) is 64.2 Å². The molecule has 10 aliphatic rings. The van der Waals surface area contributed by atoms with E-state index in [1.54, 1.807) is 36.4 Å². The number of fused-ring (bicyclic) bond motifs is 10. The first-order valence-corrected chi connectivity index (χ1v) is 38.2. The van der Waals surface area contributed by atoms with Crippen LogP contribution in [0.25, 0.3) is 55.6 Å². The van der Waals surface area contributed by atoms with Gasteiger partial charge in [0.2, 0.25) is 0 Å². The molecule has 0 saturated heterocycles. The summed E-state index contributed by atoms with van der Waals surface area (Å²) in [6, 6.07) is 45.1. The third kappa shape index (κ3) is 12.3. The molecule has 5 aliphatic heterocycles. The standard InChI is InChI=1S/C19H21NO3.C19H21NO2.C19H19NO2.C17H17NO3.C17H17NO2/c1-2-6-20-7-5-12-8-13(21)10-14-17(12)15(20)9-11-3-4-16(22)19(23)18(11)14;2*1-2-9-20-10-8-12-4-3-5-14-17(12)15(20)11-13-6-7-16(21)19(22)18(13)14;1-18-5-4-10-6-11(19)8-12-15(10)13(18)7-9-2-3-14(20)17(21)16(9)12;1-18-8-7-10-3-2-4-12-15(10)13(18)9-11-5-6-14(19)17(20)16(11)12/h3-4,8,10,15,21-23H,2,5-7,9H2,1H3;3-7,15,21-22H,2,8-11H2,1H3;2-7,15,21-22H,1,8-11H2;2-3,6,8,13,19-21H,4-5,7H2,1H3;2-6,13,19-20H,7-9H2,1H3/t3*15-;2*13-/m11111/s1. The lowest BCUT2D eigenvalue weighted by atomic mass is 9.76. The molecule has 0 radical (unpaired) electrons. The van der Waals surface area contributed by atoms with E-state index in [2.05, 4.69) is 108 Å². The van der Waals surface area contributed by atoms with Gasteiger partial charge in [-0.15, -0.1) is 6.58 Å². The Balaban J connectivity index is 0.000000103. The van der Waals surface area contributed by atoms with Crippen molar-refractivity contribution in [3.8, 4) is 125 Å². The molecule has 0 fully saturated rings. The molecule has 0 aromatic heterocycles. The van der Waals surface area contributed by atoms with Gasteiger partial charge in [-0.05, 0) is 270 Å². The minimum Gasteiger partial charge on any atom is -0.508 e. The maximum atomic E-state index is 10.4. The van der Waals surface area contributed by atoms with Gasteiger partial charge in [0, 0.05) is 97.3 Å². The molecule has 20 rings (SSSR count). The fraction of sp³-hybridized carbons (Fsp3) is 0.319. The Labute approximate surface area is 630 Å². The molecule has 0 unspecified atom stereocenters. The zero-order valence-corrected chi connectivity index (χ0v) is 61.7. The predicted molar refractivity (Wildman–Crippen MR) is 421 cm³/mol. The molecule has 0 bridgehead atoms. The quantitative estimate of drug-likeness (QED) is 0.0546. The summed E-state index contributed by atoms with van der Waals surface area (Å²) in [5.74, 6) is -0.0414. The molecule has 17 heteroatoms. The summed E-state index contributed by atoms with van der Waals surface area (Å²) in [4.78, 5) is 12.2. The van der Waals surface area contributed by atoms with Crippen LogP contribution in [0.15, 0.2) is 152 Å². The van der Waals surface area contributed by atoms with Crippen molar-refractivity contribution < 1.29 is 61.3 Å². The minimum absolute atomic E-state index is 0.00481. The molecule has 556 valence electrons. The Hall–Kier alpha value is -10.7. The number of aromatic hydroxyl groups is 12. The van der Waals surface area contributed by atoms with Gasteiger partial charge in [-0.2, -0.15) is 0 Å². The number of phenolic OH excluding ortho intramolecular Hbond substituents is 12. The topological polar surface area (TPSA) is 259 Å². The van der Waals surface area contributed by atoms with Gasteiger partial charge in [0.1, 0.15) is 11.5 Å². The highest BCUT2D eigenvalue weighted by atomic mass is 16.3. The number of rotatable bonds is 6. The summed E-state index contributed by atoms with van der Waals surface area (Å²) in [5, 5.41) is 121. The van der Waals surface area contributed by atoms with E-state index in [4.69, 9.17) is 0 Å². The molecule has 17 nitrogen and oxygen atoms in total. The highest BCUT2D eigenvalue weighted by Gasteiger charge is 2.41. The second-order valence-electron chi connectivity index (χ2n) is 30.8. The Bertz CT molecular complexity index is 5240. The van der Waals surface area contributed by atoms with Crippen molar-refractivity contribution in [2.45, 2.75) is 121 Å². The highest BCUT2D eigenvalue weighted by Crippen LogP contribution is 2.57. The van der Waals surface area contributed by atoms with Gasteiger partial charge < -0.3 is 61.3 Å². The van der Waals surface area contributed by atoms with E-state index >= 15 is 0 Å². The zero-order chi connectivity index (χ0) is 75.2. The maximum absolute atomic E-state index is 10.4. The van der Waals surface area contributed by atoms with Crippen LogP contribution in [-0.4, -0.2) is 152 Å².